The Labute approximate surface area is 108 Å². The zero-order valence-electron chi connectivity index (χ0n) is 9.95. The number of nitrogens with two attached hydrogens (primary N) is 1. The van der Waals surface area contributed by atoms with Gasteiger partial charge < -0.3 is 5.73 Å². The molecule has 0 aliphatic carbocycles. The molecular weight excluding hydrogens is 246 g/mol. The topological polar surface area (TPSA) is 69.6 Å². The minimum Gasteiger partial charge on any atom is -0.321 e. The van der Waals surface area contributed by atoms with Crippen LogP contribution in [0.2, 0.25) is 0 Å². The van der Waals surface area contributed by atoms with Crippen molar-refractivity contribution in [3.63, 3.8) is 0 Å². The zero-order valence-corrected chi connectivity index (χ0v) is 10.8. The molecule has 1 aromatic carbocycles. The SMILES string of the molecule is CC(N)c1ncn(Cc2nc3ccccc3s2)n1. The summed E-state index contributed by atoms with van der Waals surface area (Å²) in [6, 6.07) is 7.97. The molecule has 2 N–H and O–H groups in total. The number of aromatic nitrogens is 4. The van der Waals surface area contributed by atoms with Crippen LogP contribution in [0.25, 0.3) is 10.2 Å². The molecule has 0 spiro atoms. The number of para-hydroxylation sites is 1. The van der Waals surface area contributed by atoms with E-state index in [1.807, 2.05) is 25.1 Å². The predicted molar refractivity (Wildman–Crippen MR) is 71.3 cm³/mol. The quantitative estimate of drug-likeness (QED) is 0.780. The maximum absolute atomic E-state index is 5.73. The van der Waals surface area contributed by atoms with Crippen LogP contribution in [-0.4, -0.2) is 19.7 Å². The Morgan fingerprint density at radius 2 is 2.22 bits per heavy atom. The van der Waals surface area contributed by atoms with Crippen molar-refractivity contribution >= 4 is 21.6 Å². The van der Waals surface area contributed by atoms with E-state index in [1.54, 1.807) is 22.3 Å². The van der Waals surface area contributed by atoms with E-state index >= 15 is 0 Å². The number of thiazole rings is 1. The lowest BCUT2D eigenvalue weighted by Gasteiger charge is -1.97. The van der Waals surface area contributed by atoms with Gasteiger partial charge in [0.15, 0.2) is 5.82 Å². The van der Waals surface area contributed by atoms with Gasteiger partial charge in [-0.1, -0.05) is 12.1 Å². The van der Waals surface area contributed by atoms with Crippen molar-refractivity contribution in [2.45, 2.75) is 19.5 Å². The highest BCUT2D eigenvalue weighted by atomic mass is 32.1. The fourth-order valence-corrected chi connectivity index (χ4v) is 2.68. The van der Waals surface area contributed by atoms with Crippen molar-refractivity contribution in [2.75, 3.05) is 0 Å². The first-order chi connectivity index (χ1) is 8.72. The molecule has 6 heteroatoms. The largest absolute Gasteiger partial charge is 0.321 e. The van der Waals surface area contributed by atoms with Gasteiger partial charge in [-0.3, -0.25) is 0 Å². The Hall–Kier alpha value is -1.79. The van der Waals surface area contributed by atoms with Gasteiger partial charge in [-0.05, 0) is 19.1 Å². The maximum Gasteiger partial charge on any atom is 0.166 e. The van der Waals surface area contributed by atoms with Crippen molar-refractivity contribution in [3.8, 4) is 0 Å². The van der Waals surface area contributed by atoms with E-state index in [-0.39, 0.29) is 6.04 Å². The monoisotopic (exact) mass is 259 g/mol. The van der Waals surface area contributed by atoms with Crippen LogP contribution in [0.15, 0.2) is 30.6 Å². The predicted octanol–water partition coefficient (Wildman–Crippen LogP) is 1.96. The molecule has 0 radical (unpaired) electrons. The highest BCUT2D eigenvalue weighted by Gasteiger charge is 2.08. The Morgan fingerprint density at radius 1 is 1.39 bits per heavy atom. The van der Waals surface area contributed by atoms with Crippen molar-refractivity contribution in [1.29, 1.82) is 0 Å². The highest BCUT2D eigenvalue weighted by molar-refractivity contribution is 7.18. The second-order valence-electron chi connectivity index (χ2n) is 4.16. The summed E-state index contributed by atoms with van der Waals surface area (Å²) in [4.78, 5) is 8.73. The van der Waals surface area contributed by atoms with Gasteiger partial charge in [-0.15, -0.1) is 11.3 Å². The lowest BCUT2D eigenvalue weighted by Crippen LogP contribution is -2.08. The summed E-state index contributed by atoms with van der Waals surface area (Å²) in [5.41, 5.74) is 6.76. The first-order valence-electron chi connectivity index (χ1n) is 5.72. The Morgan fingerprint density at radius 3 is 2.94 bits per heavy atom. The van der Waals surface area contributed by atoms with Crippen LogP contribution >= 0.6 is 11.3 Å². The van der Waals surface area contributed by atoms with E-state index in [4.69, 9.17) is 5.73 Å². The van der Waals surface area contributed by atoms with Crippen molar-refractivity contribution < 1.29 is 0 Å². The molecule has 0 saturated heterocycles. The number of nitrogens with zero attached hydrogens (tertiary/aromatic N) is 4. The minimum absolute atomic E-state index is 0.137. The average molecular weight is 259 g/mol. The van der Waals surface area contributed by atoms with E-state index in [9.17, 15) is 0 Å². The van der Waals surface area contributed by atoms with Gasteiger partial charge in [0.1, 0.15) is 11.3 Å². The normalized spacial score (nSPS) is 13.0. The van der Waals surface area contributed by atoms with E-state index in [0.29, 0.717) is 12.4 Å². The Bertz CT molecular complexity index is 637. The summed E-state index contributed by atoms with van der Waals surface area (Å²) in [5.74, 6) is 0.663. The maximum atomic E-state index is 5.73. The Balaban J connectivity index is 1.86. The summed E-state index contributed by atoms with van der Waals surface area (Å²) in [7, 11) is 0. The lowest BCUT2D eigenvalue weighted by molar-refractivity contribution is 0.648. The van der Waals surface area contributed by atoms with Crippen molar-refractivity contribution in [3.05, 3.63) is 41.4 Å². The molecule has 5 nitrogen and oxygen atoms in total. The van der Waals surface area contributed by atoms with Gasteiger partial charge in [0.05, 0.1) is 22.8 Å². The molecule has 2 aromatic heterocycles. The van der Waals surface area contributed by atoms with Crippen molar-refractivity contribution in [2.24, 2.45) is 5.73 Å². The van der Waals surface area contributed by atoms with Gasteiger partial charge in [0.2, 0.25) is 0 Å². The summed E-state index contributed by atoms with van der Waals surface area (Å²) in [5, 5.41) is 5.35. The van der Waals surface area contributed by atoms with E-state index < -0.39 is 0 Å². The van der Waals surface area contributed by atoms with Crippen LogP contribution in [0.1, 0.15) is 23.8 Å². The Kier molecular flexibility index (Phi) is 2.81. The number of hydrogen-bond donors (Lipinski definition) is 1. The fourth-order valence-electron chi connectivity index (χ4n) is 1.72. The molecule has 18 heavy (non-hydrogen) atoms. The zero-order chi connectivity index (χ0) is 12.5. The smallest absolute Gasteiger partial charge is 0.166 e. The molecular formula is C12H13N5S. The van der Waals surface area contributed by atoms with Gasteiger partial charge >= 0.3 is 0 Å². The number of benzene rings is 1. The lowest BCUT2D eigenvalue weighted by atomic mass is 10.3. The second-order valence-corrected chi connectivity index (χ2v) is 5.28. The molecule has 3 rings (SSSR count). The van der Waals surface area contributed by atoms with Crippen molar-refractivity contribution in [1.82, 2.24) is 19.7 Å². The molecule has 0 bridgehead atoms. The van der Waals surface area contributed by atoms with Crippen LogP contribution in [0, 0.1) is 0 Å². The fraction of sp³-hybridized carbons (Fsp3) is 0.250. The third-order valence-corrected chi connectivity index (χ3v) is 3.62. The molecule has 3 aromatic rings. The third-order valence-electron chi connectivity index (χ3n) is 2.60. The number of hydrogen-bond acceptors (Lipinski definition) is 5. The summed E-state index contributed by atoms with van der Waals surface area (Å²) in [6.45, 7) is 2.51. The molecule has 1 atom stereocenters. The van der Waals surface area contributed by atoms with E-state index in [1.165, 1.54) is 4.70 Å². The van der Waals surface area contributed by atoms with Gasteiger partial charge in [-0.25, -0.2) is 14.6 Å². The van der Waals surface area contributed by atoms with Crippen LogP contribution in [0.5, 0.6) is 0 Å². The second kappa shape index (κ2) is 4.47. The molecule has 0 aliphatic rings. The van der Waals surface area contributed by atoms with Gasteiger partial charge in [0, 0.05) is 0 Å². The number of fused-ring (bicyclic) bond motifs is 1. The van der Waals surface area contributed by atoms with Crippen LogP contribution < -0.4 is 5.73 Å². The van der Waals surface area contributed by atoms with Gasteiger partial charge in [-0.2, -0.15) is 5.10 Å². The molecule has 0 fully saturated rings. The third kappa shape index (κ3) is 2.12. The van der Waals surface area contributed by atoms with E-state index in [2.05, 4.69) is 21.1 Å². The summed E-state index contributed by atoms with van der Waals surface area (Å²) < 4.78 is 2.97. The molecule has 0 aliphatic heterocycles. The van der Waals surface area contributed by atoms with Crippen LogP contribution in [0.4, 0.5) is 0 Å². The highest BCUT2D eigenvalue weighted by Crippen LogP contribution is 2.21. The van der Waals surface area contributed by atoms with Crippen LogP contribution in [0.3, 0.4) is 0 Å². The molecule has 1 unspecified atom stereocenters. The first kappa shape index (κ1) is 11.3. The minimum atomic E-state index is -0.137. The average Bonchev–Trinajstić information content (AvgIpc) is 2.94. The van der Waals surface area contributed by atoms with E-state index in [0.717, 1.165) is 10.5 Å². The van der Waals surface area contributed by atoms with Gasteiger partial charge in [0.25, 0.3) is 0 Å². The standard InChI is InChI=1S/C12H13N5S/c1-8(13)12-14-7-17(16-12)6-11-15-9-4-2-3-5-10(9)18-11/h2-5,7-8H,6,13H2,1H3. The number of rotatable bonds is 3. The van der Waals surface area contributed by atoms with Crippen LogP contribution in [-0.2, 0) is 6.54 Å². The molecule has 92 valence electrons. The first-order valence-corrected chi connectivity index (χ1v) is 6.53. The molecule has 0 saturated carbocycles. The summed E-state index contributed by atoms with van der Waals surface area (Å²) in [6.07, 6.45) is 1.70. The molecule has 2 heterocycles. The summed E-state index contributed by atoms with van der Waals surface area (Å²) >= 11 is 1.68. The molecule has 0 amide bonds.